The largest absolute Gasteiger partial charge is 0.497 e. The van der Waals surface area contributed by atoms with Gasteiger partial charge in [-0.05, 0) is 30.3 Å². The summed E-state index contributed by atoms with van der Waals surface area (Å²) in [5, 5.41) is 4.16. The summed E-state index contributed by atoms with van der Waals surface area (Å²) in [6.45, 7) is 0. The highest BCUT2D eigenvalue weighted by Crippen LogP contribution is 2.27. The van der Waals surface area contributed by atoms with Crippen LogP contribution in [0, 0.1) is 0 Å². The van der Waals surface area contributed by atoms with Gasteiger partial charge in [0, 0.05) is 11.8 Å². The van der Waals surface area contributed by atoms with Crippen LogP contribution in [0.2, 0.25) is 10.0 Å². The van der Waals surface area contributed by atoms with Crippen LogP contribution in [0.25, 0.3) is 11.0 Å². The van der Waals surface area contributed by atoms with Crippen molar-refractivity contribution in [2.75, 3.05) is 12.4 Å². The zero-order valence-corrected chi connectivity index (χ0v) is 12.1. The van der Waals surface area contributed by atoms with Gasteiger partial charge in [-0.1, -0.05) is 23.2 Å². The number of rotatable bonds is 3. The first-order valence-corrected chi connectivity index (χ1v) is 6.67. The Hall–Kier alpha value is -1.91. The highest BCUT2D eigenvalue weighted by molar-refractivity contribution is 6.42. The molecule has 3 rings (SSSR count). The molecule has 0 aliphatic heterocycles. The van der Waals surface area contributed by atoms with E-state index in [0.717, 1.165) is 22.5 Å². The molecule has 0 amide bonds. The average Bonchev–Trinajstić information content (AvgIpc) is 2.84. The van der Waals surface area contributed by atoms with Crippen LogP contribution in [0.4, 0.5) is 11.6 Å². The molecule has 6 heteroatoms. The summed E-state index contributed by atoms with van der Waals surface area (Å²) < 4.78 is 5.18. The van der Waals surface area contributed by atoms with E-state index in [9.17, 15) is 0 Å². The quantitative estimate of drug-likeness (QED) is 0.742. The van der Waals surface area contributed by atoms with Crippen molar-refractivity contribution < 1.29 is 4.74 Å². The Morgan fingerprint density at radius 2 is 1.95 bits per heavy atom. The van der Waals surface area contributed by atoms with Gasteiger partial charge in [0.05, 0.1) is 28.2 Å². The Bertz CT molecular complexity index is 770. The molecule has 20 heavy (non-hydrogen) atoms. The van der Waals surface area contributed by atoms with Gasteiger partial charge in [0.25, 0.3) is 0 Å². The van der Waals surface area contributed by atoms with Crippen molar-refractivity contribution in [2.24, 2.45) is 0 Å². The summed E-state index contributed by atoms with van der Waals surface area (Å²) in [5.74, 6) is 1.41. The van der Waals surface area contributed by atoms with Crippen LogP contribution in [-0.2, 0) is 0 Å². The lowest BCUT2D eigenvalue weighted by Gasteiger charge is -2.03. The molecule has 0 saturated heterocycles. The molecule has 0 aliphatic carbocycles. The second kappa shape index (κ2) is 5.23. The van der Waals surface area contributed by atoms with Crippen molar-refractivity contribution in [3.8, 4) is 5.75 Å². The maximum Gasteiger partial charge on any atom is 0.205 e. The van der Waals surface area contributed by atoms with Gasteiger partial charge in [0.1, 0.15) is 5.75 Å². The molecule has 3 aromatic rings. The molecular formula is C14H11Cl2N3O. The van der Waals surface area contributed by atoms with Gasteiger partial charge in [-0.2, -0.15) is 0 Å². The monoisotopic (exact) mass is 307 g/mol. The van der Waals surface area contributed by atoms with Gasteiger partial charge < -0.3 is 15.0 Å². The van der Waals surface area contributed by atoms with Crippen LogP contribution < -0.4 is 10.1 Å². The Balaban J connectivity index is 1.92. The van der Waals surface area contributed by atoms with E-state index in [-0.39, 0.29) is 0 Å². The van der Waals surface area contributed by atoms with Crippen LogP contribution in [0.15, 0.2) is 36.4 Å². The first kappa shape index (κ1) is 13.1. The minimum Gasteiger partial charge on any atom is -0.497 e. The summed E-state index contributed by atoms with van der Waals surface area (Å²) in [6, 6.07) is 11.0. The molecule has 0 aliphatic rings. The number of methoxy groups -OCH3 is 1. The molecule has 1 aromatic heterocycles. The van der Waals surface area contributed by atoms with E-state index in [0.29, 0.717) is 16.0 Å². The molecule has 0 bridgehead atoms. The van der Waals surface area contributed by atoms with E-state index in [1.807, 2.05) is 24.3 Å². The van der Waals surface area contributed by atoms with Gasteiger partial charge in [-0.3, -0.25) is 0 Å². The summed E-state index contributed by atoms with van der Waals surface area (Å²) in [5.41, 5.74) is 2.56. The summed E-state index contributed by atoms with van der Waals surface area (Å²) >= 11 is 11.9. The second-order valence-electron chi connectivity index (χ2n) is 4.22. The Morgan fingerprint density at radius 1 is 1.10 bits per heavy atom. The van der Waals surface area contributed by atoms with E-state index in [1.54, 1.807) is 19.2 Å². The SMILES string of the molecule is COc1ccc2nc(Nc3ccc(Cl)c(Cl)c3)[nH]c2c1. The lowest BCUT2D eigenvalue weighted by atomic mass is 10.3. The Kier molecular flexibility index (Phi) is 3.42. The van der Waals surface area contributed by atoms with Crippen LogP contribution in [0.3, 0.4) is 0 Å². The number of aromatic nitrogens is 2. The molecule has 0 atom stereocenters. The number of aromatic amines is 1. The van der Waals surface area contributed by atoms with E-state index in [4.69, 9.17) is 27.9 Å². The number of nitrogens with one attached hydrogen (secondary N) is 2. The fourth-order valence-electron chi connectivity index (χ4n) is 1.89. The zero-order valence-electron chi connectivity index (χ0n) is 10.6. The molecule has 2 aromatic carbocycles. The van der Waals surface area contributed by atoms with Crippen LogP contribution >= 0.6 is 23.2 Å². The van der Waals surface area contributed by atoms with Crippen molar-refractivity contribution in [1.82, 2.24) is 9.97 Å². The maximum absolute atomic E-state index is 5.98. The second-order valence-corrected chi connectivity index (χ2v) is 5.04. The summed E-state index contributed by atoms with van der Waals surface area (Å²) in [6.07, 6.45) is 0. The first-order valence-electron chi connectivity index (χ1n) is 5.91. The van der Waals surface area contributed by atoms with E-state index in [1.165, 1.54) is 0 Å². The lowest BCUT2D eigenvalue weighted by Crippen LogP contribution is -1.91. The number of hydrogen-bond donors (Lipinski definition) is 2. The normalized spacial score (nSPS) is 10.8. The van der Waals surface area contributed by atoms with E-state index >= 15 is 0 Å². The molecule has 0 radical (unpaired) electrons. The molecule has 0 unspecified atom stereocenters. The van der Waals surface area contributed by atoms with Crippen molar-refractivity contribution in [3.05, 3.63) is 46.4 Å². The minimum absolute atomic E-state index is 0.495. The number of anilines is 2. The van der Waals surface area contributed by atoms with Gasteiger partial charge in [-0.25, -0.2) is 4.98 Å². The average molecular weight is 308 g/mol. The van der Waals surface area contributed by atoms with Crippen LogP contribution in [0.5, 0.6) is 5.75 Å². The van der Waals surface area contributed by atoms with Crippen LogP contribution in [0.1, 0.15) is 0 Å². The Morgan fingerprint density at radius 3 is 2.70 bits per heavy atom. The Labute approximate surface area is 125 Å². The number of benzene rings is 2. The van der Waals surface area contributed by atoms with Crippen molar-refractivity contribution in [2.45, 2.75) is 0 Å². The predicted molar refractivity (Wildman–Crippen MR) is 82.4 cm³/mol. The predicted octanol–water partition coefficient (Wildman–Crippen LogP) is 4.62. The molecular weight excluding hydrogens is 297 g/mol. The van der Waals surface area contributed by atoms with Crippen molar-refractivity contribution in [1.29, 1.82) is 0 Å². The molecule has 2 N–H and O–H groups in total. The smallest absolute Gasteiger partial charge is 0.205 e. The highest BCUT2D eigenvalue weighted by Gasteiger charge is 2.05. The third-order valence-electron chi connectivity index (χ3n) is 2.87. The van der Waals surface area contributed by atoms with E-state index < -0.39 is 0 Å². The molecule has 0 saturated carbocycles. The fraction of sp³-hybridized carbons (Fsp3) is 0.0714. The lowest BCUT2D eigenvalue weighted by molar-refractivity contribution is 0.415. The summed E-state index contributed by atoms with van der Waals surface area (Å²) in [4.78, 5) is 7.61. The van der Waals surface area contributed by atoms with Gasteiger partial charge in [-0.15, -0.1) is 0 Å². The first-order chi connectivity index (χ1) is 9.65. The van der Waals surface area contributed by atoms with Crippen molar-refractivity contribution >= 4 is 45.9 Å². The molecule has 0 fully saturated rings. The van der Waals surface area contributed by atoms with Crippen molar-refractivity contribution in [3.63, 3.8) is 0 Å². The third kappa shape index (κ3) is 2.53. The summed E-state index contributed by atoms with van der Waals surface area (Å²) in [7, 11) is 1.63. The van der Waals surface area contributed by atoms with Gasteiger partial charge in [0.2, 0.25) is 5.95 Å². The fourth-order valence-corrected chi connectivity index (χ4v) is 2.18. The number of ether oxygens (including phenoxy) is 1. The van der Waals surface area contributed by atoms with Gasteiger partial charge >= 0.3 is 0 Å². The highest BCUT2D eigenvalue weighted by atomic mass is 35.5. The van der Waals surface area contributed by atoms with E-state index in [2.05, 4.69) is 15.3 Å². The molecule has 0 spiro atoms. The standard InChI is InChI=1S/C14H11Cl2N3O/c1-20-9-3-5-12-13(7-9)19-14(18-12)17-8-2-4-10(15)11(16)6-8/h2-7H,1H3,(H2,17,18,19). The number of H-pyrrole nitrogens is 1. The number of halogens is 2. The van der Waals surface area contributed by atoms with Crippen LogP contribution in [-0.4, -0.2) is 17.1 Å². The molecule has 1 heterocycles. The number of nitrogens with zero attached hydrogens (tertiary/aromatic N) is 1. The topological polar surface area (TPSA) is 49.9 Å². The molecule has 4 nitrogen and oxygen atoms in total. The third-order valence-corrected chi connectivity index (χ3v) is 3.61. The maximum atomic E-state index is 5.98. The number of imidazole rings is 1. The number of fused-ring (bicyclic) bond motifs is 1. The van der Waals surface area contributed by atoms with Gasteiger partial charge in [0.15, 0.2) is 0 Å². The molecule has 102 valence electrons. The number of hydrogen-bond acceptors (Lipinski definition) is 3. The minimum atomic E-state index is 0.495. The zero-order chi connectivity index (χ0) is 14.1.